The molecule has 0 radical (unpaired) electrons. The molecule has 2 aromatic carbocycles. The zero-order valence-electron chi connectivity index (χ0n) is 21.8. The number of Topliss-reactive ketones (excluding diaryl/α,β-unsaturated/α-hetero) is 1. The van der Waals surface area contributed by atoms with E-state index in [9.17, 15) is 27.9 Å². The number of sulfonamides is 1. The first-order valence-corrected chi connectivity index (χ1v) is 14.4. The highest BCUT2D eigenvalue weighted by molar-refractivity contribution is 7.89. The monoisotopic (exact) mass is 560 g/mol. The predicted octanol–water partition coefficient (Wildman–Crippen LogP) is 0.319. The molecule has 0 aromatic heterocycles. The molecule has 1 amide bonds. The summed E-state index contributed by atoms with van der Waals surface area (Å²) in [5.74, 6) is -3.28. The quantitative estimate of drug-likeness (QED) is 0.0964. The third-order valence-corrected chi connectivity index (χ3v) is 8.14. The summed E-state index contributed by atoms with van der Waals surface area (Å²) in [7, 11) is -4.30. The van der Waals surface area contributed by atoms with Gasteiger partial charge in [0.2, 0.25) is 15.9 Å². The minimum Gasteiger partial charge on any atom is -0.480 e. The Balaban J connectivity index is 1.82. The molecule has 3 rings (SSSR count). The maximum absolute atomic E-state index is 13.3. The van der Waals surface area contributed by atoms with Gasteiger partial charge in [-0.3, -0.25) is 25.1 Å². The molecule has 212 valence electrons. The number of carbonyl (C=O) groups is 3. The van der Waals surface area contributed by atoms with Gasteiger partial charge in [0.05, 0.1) is 23.4 Å². The van der Waals surface area contributed by atoms with Crippen molar-refractivity contribution < 1.29 is 27.9 Å². The second-order valence-corrected chi connectivity index (χ2v) is 11.3. The molecule has 4 atom stereocenters. The van der Waals surface area contributed by atoms with Gasteiger partial charge in [-0.25, -0.2) is 13.1 Å². The van der Waals surface area contributed by atoms with Crippen molar-refractivity contribution in [2.75, 3.05) is 19.6 Å². The summed E-state index contributed by atoms with van der Waals surface area (Å²) >= 11 is 0. The van der Waals surface area contributed by atoms with E-state index in [4.69, 9.17) is 11.1 Å². The molecule has 2 unspecified atom stereocenters. The summed E-state index contributed by atoms with van der Waals surface area (Å²) in [4.78, 5) is 37.9. The summed E-state index contributed by atoms with van der Waals surface area (Å²) in [5.41, 5.74) is 5.67. The van der Waals surface area contributed by atoms with E-state index in [1.807, 2.05) is 12.1 Å². The van der Waals surface area contributed by atoms with E-state index in [-0.39, 0.29) is 29.7 Å². The van der Waals surface area contributed by atoms with Crippen LogP contribution in [0.1, 0.15) is 32.6 Å². The molecule has 1 aliphatic rings. The second-order valence-electron chi connectivity index (χ2n) is 9.61. The molecule has 8 N–H and O–H groups in total. The number of hydrogen-bond donors (Lipinski definition) is 7. The van der Waals surface area contributed by atoms with E-state index in [2.05, 4.69) is 20.7 Å². The molecule has 1 saturated heterocycles. The van der Waals surface area contributed by atoms with Crippen LogP contribution in [-0.2, 0) is 24.4 Å². The van der Waals surface area contributed by atoms with Crippen molar-refractivity contribution in [1.82, 2.24) is 20.7 Å². The van der Waals surface area contributed by atoms with Gasteiger partial charge < -0.3 is 21.5 Å². The number of amidine groups is 1. The van der Waals surface area contributed by atoms with E-state index in [0.717, 1.165) is 18.2 Å². The van der Waals surface area contributed by atoms with Gasteiger partial charge in [0, 0.05) is 6.54 Å². The van der Waals surface area contributed by atoms with Gasteiger partial charge in [0.15, 0.2) is 11.8 Å². The van der Waals surface area contributed by atoms with Crippen molar-refractivity contribution in [2.24, 2.45) is 11.7 Å². The lowest BCUT2D eigenvalue weighted by Gasteiger charge is -2.32. The van der Waals surface area contributed by atoms with Crippen molar-refractivity contribution >= 4 is 44.3 Å². The highest BCUT2D eigenvalue weighted by Gasteiger charge is 2.36. The molecule has 2 aromatic rings. The standard InChI is InChI=1S/C26H36N6O6S/c1-2-11-29-23(26(35)36)24(34)20(14-21(33)31-15-18-8-5-12-30-22(18)25(27)28)32-39(37,38)19-10-9-16-6-3-4-7-17(16)13-19/h3-4,6-7,9-10,13,18,20,22-23,29-30,32H,2,5,8,11-12,14-15H2,1H3,(H3,27,28)(H,31,33)(H,35,36)/t18?,20-,22-,23?/m0/s1. The molecule has 1 aliphatic heterocycles. The van der Waals surface area contributed by atoms with E-state index in [0.29, 0.717) is 18.4 Å². The molecule has 0 bridgehead atoms. The number of hydrogen-bond acceptors (Lipinski definition) is 8. The molecular weight excluding hydrogens is 524 g/mol. The van der Waals surface area contributed by atoms with Gasteiger partial charge in [0.25, 0.3) is 0 Å². The van der Waals surface area contributed by atoms with Crippen LogP contribution in [0.5, 0.6) is 0 Å². The van der Waals surface area contributed by atoms with Gasteiger partial charge in [-0.05, 0) is 61.2 Å². The first-order valence-electron chi connectivity index (χ1n) is 12.9. The number of piperidine rings is 1. The average molecular weight is 561 g/mol. The molecular formula is C26H36N6O6S. The summed E-state index contributed by atoms with van der Waals surface area (Å²) in [6.45, 7) is 2.85. The SMILES string of the molecule is CCCNC(C(=O)O)C(=O)[C@H](CC(=O)NCC1CCCN[C@@H]1C(=N)N)NS(=O)(=O)c1ccc2ccccc2c1. The number of amides is 1. The zero-order chi connectivity index (χ0) is 28.6. The number of carboxylic acids is 1. The number of benzene rings is 2. The molecule has 1 fully saturated rings. The first-order chi connectivity index (χ1) is 18.5. The summed E-state index contributed by atoms with van der Waals surface area (Å²) in [6.07, 6.45) is 1.49. The van der Waals surface area contributed by atoms with Crippen LogP contribution >= 0.6 is 0 Å². The van der Waals surface area contributed by atoms with Crippen molar-refractivity contribution in [3.05, 3.63) is 42.5 Å². The highest BCUT2D eigenvalue weighted by Crippen LogP contribution is 2.20. The maximum Gasteiger partial charge on any atom is 0.328 e. The molecule has 1 heterocycles. The van der Waals surface area contributed by atoms with Crippen LogP contribution < -0.4 is 26.4 Å². The van der Waals surface area contributed by atoms with Crippen LogP contribution in [0.2, 0.25) is 0 Å². The van der Waals surface area contributed by atoms with E-state index < -0.39 is 52.2 Å². The highest BCUT2D eigenvalue weighted by atomic mass is 32.2. The molecule has 0 spiro atoms. The Morgan fingerprint density at radius 3 is 2.56 bits per heavy atom. The van der Waals surface area contributed by atoms with Gasteiger partial charge in [0.1, 0.15) is 5.84 Å². The number of nitrogens with two attached hydrogens (primary N) is 1. The summed E-state index contributed by atoms with van der Waals surface area (Å²) < 4.78 is 28.9. The average Bonchev–Trinajstić information content (AvgIpc) is 2.91. The third-order valence-electron chi connectivity index (χ3n) is 6.68. The number of ketones is 1. The summed E-state index contributed by atoms with van der Waals surface area (Å²) in [5, 5.41) is 27.3. The molecule has 13 heteroatoms. The smallest absolute Gasteiger partial charge is 0.328 e. The molecule has 39 heavy (non-hydrogen) atoms. The zero-order valence-corrected chi connectivity index (χ0v) is 22.6. The lowest BCUT2D eigenvalue weighted by molar-refractivity contribution is -0.144. The lowest BCUT2D eigenvalue weighted by atomic mass is 9.90. The van der Waals surface area contributed by atoms with Crippen LogP contribution in [0.25, 0.3) is 10.8 Å². The molecule has 12 nitrogen and oxygen atoms in total. The van der Waals surface area contributed by atoms with Crippen LogP contribution in [0.3, 0.4) is 0 Å². The normalized spacial score (nSPS) is 19.2. The van der Waals surface area contributed by atoms with Crippen LogP contribution in [0.4, 0.5) is 0 Å². The first kappa shape index (κ1) is 30.2. The molecule has 0 aliphatic carbocycles. The van der Waals surface area contributed by atoms with E-state index in [1.54, 1.807) is 25.1 Å². The van der Waals surface area contributed by atoms with Gasteiger partial charge in [-0.2, -0.15) is 0 Å². The van der Waals surface area contributed by atoms with Crippen molar-refractivity contribution in [1.29, 1.82) is 5.41 Å². The van der Waals surface area contributed by atoms with Gasteiger partial charge >= 0.3 is 5.97 Å². The fourth-order valence-electron chi connectivity index (χ4n) is 4.63. The molecule has 0 saturated carbocycles. The lowest BCUT2D eigenvalue weighted by Crippen LogP contribution is -2.55. The minimum absolute atomic E-state index is 0.0450. The van der Waals surface area contributed by atoms with Crippen molar-refractivity contribution in [3.8, 4) is 0 Å². The van der Waals surface area contributed by atoms with Gasteiger partial charge in [-0.15, -0.1) is 0 Å². The number of rotatable bonds is 14. The minimum atomic E-state index is -4.30. The Morgan fingerprint density at radius 1 is 1.18 bits per heavy atom. The van der Waals surface area contributed by atoms with Crippen molar-refractivity contribution in [3.63, 3.8) is 0 Å². The topological polar surface area (TPSA) is 204 Å². The van der Waals surface area contributed by atoms with Crippen LogP contribution in [0.15, 0.2) is 47.4 Å². The Labute approximate surface area is 227 Å². The summed E-state index contributed by atoms with van der Waals surface area (Å²) in [6, 6.07) is 7.86. The second kappa shape index (κ2) is 13.6. The fourth-order valence-corrected chi connectivity index (χ4v) is 5.87. The fraction of sp³-hybridized carbons (Fsp3) is 0.462. The van der Waals surface area contributed by atoms with Crippen molar-refractivity contribution in [2.45, 2.75) is 55.6 Å². The van der Waals surface area contributed by atoms with Crippen LogP contribution in [-0.4, -0.2) is 74.8 Å². The Bertz CT molecular complexity index is 1320. The predicted molar refractivity (Wildman–Crippen MR) is 147 cm³/mol. The maximum atomic E-state index is 13.3. The van der Waals surface area contributed by atoms with E-state index >= 15 is 0 Å². The van der Waals surface area contributed by atoms with E-state index in [1.165, 1.54) is 12.1 Å². The largest absolute Gasteiger partial charge is 0.480 e. The third kappa shape index (κ3) is 8.05. The number of nitrogens with one attached hydrogen (secondary N) is 5. The number of carboxylic acid groups (broad SMARTS) is 1. The van der Waals surface area contributed by atoms with Crippen LogP contribution in [0, 0.1) is 11.3 Å². The number of fused-ring (bicyclic) bond motifs is 1. The Kier molecular flexibility index (Phi) is 10.5. The number of aliphatic carboxylic acids is 1. The Hall–Kier alpha value is -3.39. The number of carbonyl (C=O) groups excluding carboxylic acids is 2. The Morgan fingerprint density at radius 2 is 1.90 bits per heavy atom. The van der Waals surface area contributed by atoms with Gasteiger partial charge in [-0.1, -0.05) is 37.3 Å².